The van der Waals surface area contributed by atoms with Gasteiger partial charge in [0.25, 0.3) is 5.91 Å². The molecule has 0 spiro atoms. The largest absolute Gasteiger partial charge is 0.493 e. The number of nitrogens with one attached hydrogen (secondary N) is 1. The number of anilines is 1. The molecule has 0 heterocycles. The van der Waals surface area contributed by atoms with Gasteiger partial charge >= 0.3 is 6.18 Å². The topological polar surface area (TPSA) is 38.3 Å². The van der Waals surface area contributed by atoms with E-state index in [1.165, 1.54) is 12.1 Å². The molecule has 0 radical (unpaired) electrons. The van der Waals surface area contributed by atoms with Crippen molar-refractivity contribution in [2.45, 2.75) is 20.0 Å². The summed E-state index contributed by atoms with van der Waals surface area (Å²) in [5.41, 5.74) is -0.0629. The Morgan fingerprint density at radius 3 is 2.12 bits per heavy atom. The van der Waals surface area contributed by atoms with Gasteiger partial charge in [-0.05, 0) is 54.4 Å². The van der Waals surface area contributed by atoms with Gasteiger partial charge in [0.05, 0.1) is 12.2 Å². The van der Waals surface area contributed by atoms with Gasteiger partial charge in [0.2, 0.25) is 0 Å². The molecule has 0 aliphatic rings. The van der Waals surface area contributed by atoms with Crippen LogP contribution in [0.2, 0.25) is 0 Å². The molecule has 1 N–H and O–H groups in total. The van der Waals surface area contributed by atoms with Crippen molar-refractivity contribution in [3.05, 3.63) is 59.7 Å². The fraction of sp³-hybridized carbons (Fsp3) is 0.278. The quantitative estimate of drug-likeness (QED) is 0.834. The van der Waals surface area contributed by atoms with E-state index in [4.69, 9.17) is 4.74 Å². The van der Waals surface area contributed by atoms with Gasteiger partial charge in [-0.2, -0.15) is 13.2 Å². The summed E-state index contributed by atoms with van der Waals surface area (Å²) in [6.45, 7) is 4.65. The van der Waals surface area contributed by atoms with Crippen LogP contribution in [0.4, 0.5) is 18.9 Å². The van der Waals surface area contributed by atoms with Gasteiger partial charge < -0.3 is 10.1 Å². The fourth-order valence-corrected chi connectivity index (χ4v) is 1.91. The minimum absolute atomic E-state index is 0.299. The number of carbonyl (C=O) groups excluding carboxylic acids is 1. The van der Waals surface area contributed by atoms with Crippen LogP contribution in [0.5, 0.6) is 5.75 Å². The Kier molecular flexibility index (Phi) is 5.49. The summed E-state index contributed by atoms with van der Waals surface area (Å²) >= 11 is 0. The van der Waals surface area contributed by atoms with Crippen molar-refractivity contribution in [1.29, 1.82) is 0 Å². The van der Waals surface area contributed by atoms with Crippen LogP contribution in [0.3, 0.4) is 0 Å². The Labute approximate surface area is 138 Å². The lowest BCUT2D eigenvalue weighted by Gasteiger charge is -2.10. The van der Waals surface area contributed by atoms with Crippen LogP contribution in [-0.4, -0.2) is 12.5 Å². The third-order valence-electron chi connectivity index (χ3n) is 3.17. The van der Waals surface area contributed by atoms with E-state index in [9.17, 15) is 18.0 Å². The SMILES string of the molecule is CC(C)COc1ccc(C(=O)Nc2ccc(C(F)(F)F)cc2)cc1. The minimum atomic E-state index is -4.39. The van der Waals surface area contributed by atoms with Gasteiger partial charge in [-0.3, -0.25) is 4.79 Å². The molecule has 1 amide bonds. The second kappa shape index (κ2) is 7.38. The van der Waals surface area contributed by atoms with E-state index in [1.807, 2.05) is 13.8 Å². The van der Waals surface area contributed by atoms with Crippen molar-refractivity contribution in [1.82, 2.24) is 0 Å². The molecular formula is C18H18F3NO2. The second-order valence-electron chi connectivity index (χ2n) is 5.76. The van der Waals surface area contributed by atoms with E-state index < -0.39 is 17.6 Å². The van der Waals surface area contributed by atoms with Crippen molar-refractivity contribution in [3.63, 3.8) is 0 Å². The average molecular weight is 337 g/mol. The molecule has 0 aromatic heterocycles. The number of halogens is 3. The van der Waals surface area contributed by atoms with Crippen LogP contribution in [0.1, 0.15) is 29.8 Å². The van der Waals surface area contributed by atoms with E-state index in [2.05, 4.69) is 5.32 Å². The Hall–Kier alpha value is -2.50. The van der Waals surface area contributed by atoms with Crippen LogP contribution in [0, 0.1) is 5.92 Å². The monoisotopic (exact) mass is 337 g/mol. The molecule has 0 atom stereocenters. The lowest BCUT2D eigenvalue weighted by molar-refractivity contribution is -0.137. The predicted molar refractivity (Wildman–Crippen MR) is 86.2 cm³/mol. The Bertz CT molecular complexity index is 677. The molecular weight excluding hydrogens is 319 g/mol. The molecule has 0 aliphatic heterocycles. The molecule has 0 aliphatic carbocycles. The zero-order valence-corrected chi connectivity index (χ0v) is 13.4. The van der Waals surface area contributed by atoms with E-state index >= 15 is 0 Å². The highest BCUT2D eigenvalue weighted by atomic mass is 19.4. The summed E-state index contributed by atoms with van der Waals surface area (Å²) in [4.78, 5) is 12.1. The van der Waals surface area contributed by atoms with Gasteiger partial charge in [-0.25, -0.2) is 0 Å². The maximum absolute atomic E-state index is 12.5. The van der Waals surface area contributed by atoms with Crippen LogP contribution in [0.15, 0.2) is 48.5 Å². The fourth-order valence-electron chi connectivity index (χ4n) is 1.91. The molecule has 2 aromatic rings. The highest BCUT2D eigenvalue weighted by molar-refractivity contribution is 6.04. The first kappa shape index (κ1) is 17.8. The molecule has 6 heteroatoms. The summed E-state index contributed by atoms with van der Waals surface area (Å²) in [7, 11) is 0. The van der Waals surface area contributed by atoms with Gasteiger partial charge in [0.15, 0.2) is 0 Å². The molecule has 2 rings (SSSR count). The van der Waals surface area contributed by atoms with Gasteiger partial charge in [-0.15, -0.1) is 0 Å². The van der Waals surface area contributed by atoms with E-state index in [0.29, 0.717) is 29.5 Å². The van der Waals surface area contributed by atoms with E-state index in [0.717, 1.165) is 12.1 Å². The second-order valence-corrected chi connectivity index (χ2v) is 5.76. The molecule has 128 valence electrons. The molecule has 2 aromatic carbocycles. The van der Waals surface area contributed by atoms with Crippen molar-refractivity contribution >= 4 is 11.6 Å². The first-order valence-electron chi connectivity index (χ1n) is 7.47. The predicted octanol–water partition coefficient (Wildman–Crippen LogP) is 4.99. The van der Waals surface area contributed by atoms with E-state index in [1.54, 1.807) is 24.3 Å². The molecule has 3 nitrogen and oxygen atoms in total. The molecule has 24 heavy (non-hydrogen) atoms. The highest BCUT2D eigenvalue weighted by Gasteiger charge is 2.29. The molecule has 0 saturated carbocycles. The zero-order valence-electron chi connectivity index (χ0n) is 13.4. The van der Waals surface area contributed by atoms with E-state index in [-0.39, 0.29) is 0 Å². The number of benzene rings is 2. The average Bonchev–Trinajstić information content (AvgIpc) is 2.53. The van der Waals surface area contributed by atoms with Crippen LogP contribution < -0.4 is 10.1 Å². The Morgan fingerprint density at radius 1 is 1.04 bits per heavy atom. The first-order valence-corrected chi connectivity index (χ1v) is 7.47. The van der Waals surface area contributed by atoms with Crippen molar-refractivity contribution in [2.24, 2.45) is 5.92 Å². The first-order chi connectivity index (χ1) is 11.3. The summed E-state index contributed by atoms with van der Waals surface area (Å²) in [6.07, 6.45) is -4.39. The highest BCUT2D eigenvalue weighted by Crippen LogP contribution is 2.29. The van der Waals surface area contributed by atoms with Gasteiger partial charge in [0.1, 0.15) is 5.75 Å². The standard InChI is InChI=1S/C18H18F3NO2/c1-12(2)11-24-16-9-3-13(4-10-16)17(23)22-15-7-5-14(6-8-15)18(19,20)21/h3-10,12H,11H2,1-2H3,(H,22,23). The number of hydrogen-bond acceptors (Lipinski definition) is 2. The molecule has 0 fully saturated rings. The van der Waals surface area contributed by atoms with Crippen molar-refractivity contribution < 1.29 is 22.7 Å². The normalized spacial score (nSPS) is 11.4. The zero-order chi connectivity index (χ0) is 17.7. The van der Waals surface area contributed by atoms with Crippen molar-refractivity contribution in [3.8, 4) is 5.75 Å². The van der Waals surface area contributed by atoms with Crippen LogP contribution in [-0.2, 0) is 6.18 Å². The van der Waals surface area contributed by atoms with Crippen LogP contribution in [0.25, 0.3) is 0 Å². The van der Waals surface area contributed by atoms with Crippen molar-refractivity contribution in [2.75, 3.05) is 11.9 Å². The summed E-state index contributed by atoms with van der Waals surface area (Å²) in [5, 5.41) is 2.56. The number of amides is 1. The third-order valence-corrected chi connectivity index (χ3v) is 3.17. The number of rotatable bonds is 5. The van der Waals surface area contributed by atoms with Crippen LogP contribution >= 0.6 is 0 Å². The number of carbonyl (C=O) groups is 1. The smallest absolute Gasteiger partial charge is 0.416 e. The van der Waals surface area contributed by atoms with Gasteiger partial charge in [-0.1, -0.05) is 13.8 Å². The number of ether oxygens (including phenoxy) is 1. The number of alkyl halides is 3. The Morgan fingerprint density at radius 2 is 1.62 bits per heavy atom. The van der Waals surface area contributed by atoms with Gasteiger partial charge in [0, 0.05) is 11.3 Å². The molecule has 0 unspecified atom stereocenters. The molecule has 0 bridgehead atoms. The summed E-state index contributed by atoms with van der Waals surface area (Å²) in [6, 6.07) is 10.9. The molecule has 0 saturated heterocycles. The Balaban J connectivity index is 1.99. The lowest BCUT2D eigenvalue weighted by Crippen LogP contribution is -2.12. The maximum atomic E-state index is 12.5. The number of hydrogen-bond donors (Lipinski definition) is 1. The summed E-state index contributed by atoms with van der Waals surface area (Å²) in [5.74, 6) is 0.660. The maximum Gasteiger partial charge on any atom is 0.416 e. The third kappa shape index (κ3) is 5.01. The minimum Gasteiger partial charge on any atom is -0.493 e. The lowest BCUT2D eigenvalue weighted by atomic mass is 10.1. The summed E-state index contributed by atoms with van der Waals surface area (Å²) < 4.78 is 43.0.